The maximum absolute atomic E-state index is 13.5. The molecule has 2 rings (SSSR count). The molecule has 1 aliphatic heterocycles. The molecule has 0 aromatic heterocycles. The van der Waals surface area contributed by atoms with E-state index in [2.05, 4.69) is 0 Å². The zero-order valence-corrected chi connectivity index (χ0v) is 11.5. The van der Waals surface area contributed by atoms with Gasteiger partial charge in [-0.05, 0) is 24.5 Å². The molecule has 1 aromatic carbocycles. The van der Waals surface area contributed by atoms with Crippen LogP contribution < -0.4 is 0 Å². The average Bonchev–Trinajstić information content (AvgIpc) is 2.37. The van der Waals surface area contributed by atoms with Crippen molar-refractivity contribution in [1.82, 2.24) is 4.90 Å². The van der Waals surface area contributed by atoms with Crippen molar-refractivity contribution < 1.29 is 13.6 Å². The van der Waals surface area contributed by atoms with Crippen LogP contribution in [0.4, 0.5) is 8.78 Å². The van der Waals surface area contributed by atoms with Crippen molar-refractivity contribution in [3.8, 4) is 0 Å². The smallest absolute Gasteiger partial charge is 0.227 e. The molecular weight excluding hydrogens is 272 g/mol. The average molecular weight is 288 g/mol. The summed E-state index contributed by atoms with van der Waals surface area (Å²) in [7, 11) is 0. The highest BCUT2D eigenvalue weighted by atomic mass is 35.5. The molecule has 1 aromatic rings. The Bertz CT molecular complexity index is 460. The van der Waals surface area contributed by atoms with Crippen molar-refractivity contribution in [2.45, 2.75) is 25.1 Å². The highest BCUT2D eigenvalue weighted by Crippen LogP contribution is 2.23. The second kappa shape index (κ2) is 5.87. The fourth-order valence-corrected chi connectivity index (χ4v) is 2.51. The maximum Gasteiger partial charge on any atom is 0.227 e. The van der Waals surface area contributed by atoms with Crippen molar-refractivity contribution in [2.24, 2.45) is 5.92 Å². The Balaban J connectivity index is 2.05. The van der Waals surface area contributed by atoms with Crippen LogP contribution in [0.15, 0.2) is 18.2 Å². The largest absolute Gasteiger partial charge is 0.341 e. The Kier molecular flexibility index (Phi) is 4.40. The van der Waals surface area contributed by atoms with Gasteiger partial charge in [-0.3, -0.25) is 4.79 Å². The quantitative estimate of drug-likeness (QED) is 0.766. The zero-order valence-electron chi connectivity index (χ0n) is 10.7. The summed E-state index contributed by atoms with van der Waals surface area (Å²) in [5.74, 6) is -1.28. The number of benzene rings is 1. The molecule has 0 radical (unpaired) electrons. The lowest BCUT2D eigenvalue weighted by atomic mass is 9.98. The van der Waals surface area contributed by atoms with Gasteiger partial charge in [-0.15, -0.1) is 11.6 Å². The van der Waals surface area contributed by atoms with Gasteiger partial charge in [0.1, 0.15) is 11.6 Å². The second-order valence-electron chi connectivity index (χ2n) is 5.00. The molecule has 0 saturated carbocycles. The summed E-state index contributed by atoms with van der Waals surface area (Å²) in [4.78, 5) is 13.6. The fraction of sp³-hybridized carbons (Fsp3) is 0.500. The second-order valence-corrected chi connectivity index (χ2v) is 5.56. The molecule has 5 heteroatoms. The molecule has 1 heterocycles. The first-order chi connectivity index (χ1) is 8.99. The van der Waals surface area contributed by atoms with Gasteiger partial charge in [0, 0.05) is 18.7 Å². The Hall–Kier alpha value is -1.16. The van der Waals surface area contributed by atoms with Gasteiger partial charge in [-0.25, -0.2) is 8.78 Å². The molecule has 104 valence electrons. The van der Waals surface area contributed by atoms with E-state index in [9.17, 15) is 13.6 Å². The number of carbonyl (C=O) groups excluding carboxylic acids is 1. The molecule has 1 amide bonds. The lowest BCUT2D eigenvalue weighted by Gasteiger charge is -2.34. The minimum Gasteiger partial charge on any atom is -0.341 e. The topological polar surface area (TPSA) is 20.3 Å². The molecule has 1 saturated heterocycles. The van der Waals surface area contributed by atoms with Crippen LogP contribution in [0.5, 0.6) is 0 Å². The summed E-state index contributed by atoms with van der Waals surface area (Å²) in [6, 6.07) is 3.61. The maximum atomic E-state index is 13.5. The van der Waals surface area contributed by atoms with Crippen molar-refractivity contribution >= 4 is 17.5 Å². The lowest BCUT2D eigenvalue weighted by Crippen LogP contribution is -2.44. The van der Waals surface area contributed by atoms with Gasteiger partial charge in [-0.2, -0.15) is 0 Å². The number of alkyl halides is 1. The molecule has 2 nitrogen and oxygen atoms in total. The molecule has 1 fully saturated rings. The van der Waals surface area contributed by atoms with E-state index in [0.29, 0.717) is 19.0 Å². The van der Waals surface area contributed by atoms with Crippen LogP contribution in [-0.4, -0.2) is 29.3 Å². The van der Waals surface area contributed by atoms with Gasteiger partial charge in [-0.1, -0.05) is 13.0 Å². The standard InChI is InChI=1S/C14H16ClF2NO/c1-9-5-6-18(8-11(9)15)14(19)7-10-12(16)3-2-4-13(10)17/h2-4,9,11H,5-8H2,1H3. The lowest BCUT2D eigenvalue weighted by molar-refractivity contribution is -0.131. The van der Waals surface area contributed by atoms with E-state index in [0.717, 1.165) is 18.6 Å². The number of hydrogen-bond acceptors (Lipinski definition) is 1. The first kappa shape index (κ1) is 14.3. The van der Waals surface area contributed by atoms with E-state index >= 15 is 0 Å². The molecule has 0 bridgehead atoms. The number of likely N-dealkylation sites (tertiary alicyclic amines) is 1. The number of rotatable bonds is 2. The summed E-state index contributed by atoms with van der Waals surface area (Å²) < 4.78 is 27.0. The Morgan fingerprint density at radius 1 is 1.42 bits per heavy atom. The molecule has 2 unspecified atom stereocenters. The molecule has 0 N–H and O–H groups in total. The third-order valence-electron chi connectivity index (χ3n) is 3.61. The number of hydrogen-bond donors (Lipinski definition) is 0. The van der Waals surface area contributed by atoms with Gasteiger partial charge in [0.15, 0.2) is 0 Å². The Morgan fingerprint density at radius 2 is 2.05 bits per heavy atom. The van der Waals surface area contributed by atoms with Crippen LogP contribution >= 0.6 is 11.6 Å². The van der Waals surface area contributed by atoms with Gasteiger partial charge in [0.25, 0.3) is 0 Å². The van der Waals surface area contributed by atoms with E-state index < -0.39 is 11.6 Å². The predicted molar refractivity (Wildman–Crippen MR) is 70.1 cm³/mol. The summed E-state index contributed by atoms with van der Waals surface area (Å²) in [6.45, 7) is 3.08. The summed E-state index contributed by atoms with van der Waals surface area (Å²) in [5.41, 5.74) is -0.169. The number of nitrogens with zero attached hydrogens (tertiary/aromatic N) is 1. The monoisotopic (exact) mass is 287 g/mol. The first-order valence-corrected chi connectivity index (χ1v) is 6.77. The van der Waals surface area contributed by atoms with E-state index in [1.807, 2.05) is 6.92 Å². The molecular formula is C14H16ClF2NO. The number of carbonyl (C=O) groups is 1. The van der Waals surface area contributed by atoms with Crippen molar-refractivity contribution in [3.63, 3.8) is 0 Å². The van der Waals surface area contributed by atoms with E-state index in [-0.39, 0.29) is 23.3 Å². The van der Waals surface area contributed by atoms with Gasteiger partial charge < -0.3 is 4.90 Å². The summed E-state index contributed by atoms with van der Waals surface area (Å²) in [6.07, 6.45) is 0.566. The molecule has 2 atom stereocenters. The van der Waals surface area contributed by atoms with Gasteiger partial charge >= 0.3 is 0 Å². The minimum atomic E-state index is -0.679. The Morgan fingerprint density at radius 3 is 2.63 bits per heavy atom. The van der Waals surface area contributed by atoms with Crippen LogP contribution in [0.2, 0.25) is 0 Å². The number of piperidine rings is 1. The van der Waals surface area contributed by atoms with Crippen molar-refractivity contribution in [2.75, 3.05) is 13.1 Å². The SMILES string of the molecule is CC1CCN(C(=O)Cc2c(F)cccc2F)CC1Cl. The molecule has 0 aliphatic carbocycles. The van der Waals surface area contributed by atoms with Crippen molar-refractivity contribution in [1.29, 1.82) is 0 Å². The van der Waals surface area contributed by atoms with Crippen LogP contribution in [0, 0.1) is 17.6 Å². The summed E-state index contributed by atoms with van der Waals surface area (Å²) in [5, 5.41) is -0.0943. The third kappa shape index (κ3) is 3.24. The fourth-order valence-electron chi connectivity index (χ4n) is 2.21. The number of halogens is 3. The van der Waals surface area contributed by atoms with E-state index in [1.165, 1.54) is 6.07 Å². The van der Waals surface area contributed by atoms with Crippen LogP contribution in [-0.2, 0) is 11.2 Å². The molecule has 0 spiro atoms. The third-order valence-corrected chi connectivity index (χ3v) is 4.18. The Labute approximate surface area is 116 Å². The molecule has 1 aliphatic rings. The minimum absolute atomic E-state index is 0.0943. The van der Waals surface area contributed by atoms with E-state index in [1.54, 1.807) is 4.90 Å². The van der Waals surface area contributed by atoms with Crippen molar-refractivity contribution in [3.05, 3.63) is 35.4 Å². The zero-order chi connectivity index (χ0) is 14.0. The predicted octanol–water partition coefficient (Wildman–Crippen LogP) is 2.98. The first-order valence-electron chi connectivity index (χ1n) is 6.33. The van der Waals surface area contributed by atoms with Crippen LogP contribution in [0.3, 0.4) is 0 Å². The highest BCUT2D eigenvalue weighted by molar-refractivity contribution is 6.21. The van der Waals surface area contributed by atoms with Crippen LogP contribution in [0.25, 0.3) is 0 Å². The van der Waals surface area contributed by atoms with Gasteiger partial charge in [0.05, 0.1) is 11.8 Å². The molecule has 19 heavy (non-hydrogen) atoms. The summed E-state index contributed by atoms with van der Waals surface area (Å²) >= 11 is 6.13. The van der Waals surface area contributed by atoms with Crippen LogP contribution in [0.1, 0.15) is 18.9 Å². The van der Waals surface area contributed by atoms with Gasteiger partial charge in [0.2, 0.25) is 5.91 Å². The highest BCUT2D eigenvalue weighted by Gasteiger charge is 2.28. The normalized spacial score (nSPS) is 23.5. The number of amides is 1. The van der Waals surface area contributed by atoms with E-state index in [4.69, 9.17) is 11.6 Å².